The number of para-hydroxylation sites is 1. The minimum absolute atomic E-state index is 0.0870. The van der Waals surface area contributed by atoms with Crippen molar-refractivity contribution >= 4 is 5.97 Å². The van der Waals surface area contributed by atoms with Crippen molar-refractivity contribution in [2.45, 2.75) is 25.2 Å². The van der Waals surface area contributed by atoms with Crippen LogP contribution in [-0.2, 0) is 6.42 Å². The number of rotatable bonds is 2. The Balaban J connectivity index is 1.80. The lowest BCUT2D eigenvalue weighted by Crippen LogP contribution is -2.06. The summed E-state index contributed by atoms with van der Waals surface area (Å²) in [7, 11) is 0. The summed E-state index contributed by atoms with van der Waals surface area (Å²) in [5.74, 6) is 0.354. The number of carboxylic acids is 1. The van der Waals surface area contributed by atoms with Crippen LogP contribution in [0, 0.1) is 0 Å². The zero-order chi connectivity index (χ0) is 16.3. The summed E-state index contributed by atoms with van der Waals surface area (Å²) in [6.07, 6.45) is 6.18. The van der Waals surface area contributed by atoms with Gasteiger partial charge in [0.25, 0.3) is 0 Å². The molecule has 0 spiro atoms. The lowest BCUT2D eigenvalue weighted by molar-refractivity contribution is 0.0690. The molecule has 0 bridgehead atoms. The number of carbonyl (C=O) groups is 1. The molecule has 2 aromatic heterocycles. The van der Waals surface area contributed by atoms with Crippen molar-refractivity contribution in [1.29, 1.82) is 0 Å². The van der Waals surface area contributed by atoms with E-state index in [1.807, 2.05) is 35.0 Å². The molecule has 0 amide bonds. The molecule has 3 aromatic rings. The normalized spacial score (nSPS) is 15.2. The molecule has 6 heteroatoms. The standard InChI is InChI=1S/C18H14N4O2/c23-18(24)16-14-7-11-8-19-17(10-5-6-10)21-15(11)12-3-1-2-4-13(12)22(14)9-20-16/h1-4,8-10H,5-7H2,(H,23,24). The van der Waals surface area contributed by atoms with Crippen LogP contribution in [0.1, 0.15) is 46.3 Å². The van der Waals surface area contributed by atoms with Crippen molar-refractivity contribution in [2.24, 2.45) is 0 Å². The molecule has 6 nitrogen and oxygen atoms in total. The van der Waals surface area contributed by atoms with E-state index in [2.05, 4.69) is 9.97 Å². The fourth-order valence-corrected chi connectivity index (χ4v) is 3.31. The van der Waals surface area contributed by atoms with Gasteiger partial charge in [-0.15, -0.1) is 0 Å². The van der Waals surface area contributed by atoms with Crippen LogP contribution in [0.4, 0.5) is 0 Å². The number of hydrogen-bond acceptors (Lipinski definition) is 4. The highest BCUT2D eigenvalue weighted by Crippen LogP contribution is 2.40. The van der Waals surface area contributed by atoms with Crippen molar-refractivity contribution in [3.8, 4) is 16.9 Å². The number of imidazole rings is 1. The van der Waals surface area contributed by atoms with Crippen LogP contribution in [0.2, 0.25) is 0 Å². The molecule has 1 aromatic carbocycles. The molecule has 3 heterocycles. The number of benzene rings is 1. The van der Waals surface area contributed by atoms with Crippen LogP contribution in [-0.4, -0.2) is 30.6 Å². The first-order valence-corrected chi connectivity index (χ1v) is 7.97. The molecular formula is C18H14N4O2. The zero-order valence-corrected chi connectivity index (χ0v) is 12.8. The third kappa shape index (κ3) is 1.89. The second kappa shape index (κ2) is 4.74. The molecule has 1 fully saturated rings. The monoisotopic (exact) mass is 318 g/mol. The van der Waals surface area contributed by atoms with E-state index in [1.165, 1.54) is 0 Å². The van der Waals surface area contributed by atoms with E-state index in [0.29, 0.717) is 18.0 Å². The molecule has 1 aliphatic heterocycles. The number of nitrogens with zero attached hydrogens (tertiary/aromatic N) is 4. The summed E-state index contributed by atoms with van der Waals surface area (Å²) >= 11 is 0. The summed E-state index contributed by atoms with van der Waals surface area (Å²) in [6, 6.07) is 7.91. The molecule has 0 radical (unpaired) electrons. The average molecular weight is 318 g/mol. The van der Waals surface area contributed by atoms with Gasteiger partial charge < -0.3 is 9.67 Å². The zero-order valence-electron chi connectivity index (χ0n) is 12.8. The van der Waals surface area contributed by atoms with Gasteiger partial charge in [0.1, 0.15) is 12.2 Å². The van der Waals surface area contributed by atoms with Gasteiger partial charge >= 0.3 is 5.97 Å². The van der Waals surface area contributed by atoms with Crippen LogP contribution < -0.4 is 0 Å². The highest BCUT2D eigenvalue weighted by molar-refractivity contribution is 5.88. The SMILES string of the molecule is O=C(O)c1ncn2c1Cc1cnc(C3CC3)nc1-c1ccccc1-2. The molecule has 2 aliphatic rings. The Bertz CT molecular complexity index is 988. The number of carboxylic acid groups (broad SMARTS) is 1. The predicted molar refractivity (Wildman–Crippen MR) is 86.3 cm³/mol. The van der Waals surface area contributed by atoms with Gasteiger partial charge in [0.2, 0.25) is 0 Å². The number of hydrogen-bond donors (Lipinski definition) is 1. The molecule has 5 rings (SSSR count). The van der Waals surface area contributed by atoms with Crippen LogP contribution in [0.15, 0.2) is 36.8 Å². The first-order chi connectivity index (χ1) is 11.7. The average Bonchev–Trinajstić information content (AvgIpc) is 3.37. The molecule has 1 saturated carbocycles. The molecular weight excluding hydrogens is 304 g/mol. The molecule has 24 heavy (non-hydrogen) atoms. The van der Waals surface area contributed by atoms with Gasteiger partial charge in [0.05, 0.1) is 17.1 Å². The highest BCUT2D eigenvalue weighted by atomic mass is 16.4. The van der Waals surface area contributed by atoms with Crippen molar-refractivity contribution < 1.29 is 9.90 Å². The van der Waals surface area contributed by atoms with E-state index in [9.17, 15) is 9.90 Å². The predicted octanol–water partition coefficient (Wildman–Crippen LogP) is 2.81. The number of aromatic nitrogens is 4. The van der Waals surface area contributed by atoms with Crippen molar-refractivity contribution in [1.82, 2.24) is 19.5 Å². The van der Waals surface area contributed by atoms with Gasteiger partial charge in [-0.1, -0.05) is 18.2 Å². The van der Waals surface area contributed by atoms with E-state index < -0.39 is 5.97 Å². The minimum atomic E-state index is -1.01. The summed E-state index contributed by atoms with van der Waals surface area (Å²) < 4.78 is 1.86. The topological polar surface area (TPSA) is 80.9 Å². The van der Waals surface area contributed by atoms with E-state index in [1.54, 1.807) is 6.33 Å². The van der Waals surface area contributed by atoms with Crippen molar-refractivity contribution in [3.05, 3.63) is 59.6 Å². The van der Waals surface area contributed by atoms with Crippen LogP contribution in [0.3, 0.4) is 0 Å². The highest BCUT2D eigenvalue weighted by Gasteiger charge is 2.30. The van der Waals surface area contributed by atoms with Gasteiger partial charge in [0, 0.05) is 29.7 Å². The molecule has 1 aliphatic carbocycles. The fraction of sp³-hybridized carbons (Fsp3) is 0.222. The van der Waals surface area contributed by atoms with Crippen LogP contribution in [0.5, 0.6) is 0 Å². The van der Waals surface area contributed by atoms with Crippen LogP contribution >= 0.6 is 0 Å². The maximum atomic E-state index is 11.5. The number of aromatic carboxylic acids is 1. The van der Waals surface area contributed by atoms with Gasteiger partial charge in [-0.2, -0.15) is 0 Å². The van der Waals surface area contributed by atoms with Gasteiger partial charge in [-0.05, 0) is 18.9 Å². The molecule has 0 unspecified atom stereocenters. The summed E-state index contributed by atoms with van der Waals surface area (Å²) in [6.45, 7) is 0. The molecule has 0 atom stereocenters. The largest absolute Gasteiger partial charge is 0.476 e. The minimum Gasteiger partial charge on any atom is -0.476 e. The van der Waals surface area contributed by atoms with E-state index >= 15 is 0 Å². The fourth-order valence-electron chi connectivity index (χ4n) is 3.31. The number of fused-ring (bicyclic) bond motifs is 5. The lowest BCUT2D eigenvalue weighted by Gasteiger charge is -2.10. The Labute approximate surface area is 137 Å². The Morgan fingerprint density at radius 3 is 2.83 bits per heavy atom. The smallest absolute Gasteiger partial charge is 0.356 e. The Kier molecular flexibility index (Phi) is 2.65. The second-order valence-corrected chi connectivity index (χ2v) is 6.29. The Hall–Kier alpha value is -3.02. The van der Waals surface area contributed by atoms with E-state index in [0.717, 1.165) is 41.2 Å². The summed E-state index contributed by atoms with van der Waals surface area (Å²) in [5.41, 5.74) is 4.49. The quantitative estimate of drug-likeness (QED) is 0.614. The first-order valence-electron chi connectivity index (χ1n) is 7.97. The van der Waals surface area contributed by atoms with Gasteiger partial charge in [-0.25, -0.2) is 19.7 Å². The van der Waals surface area contributed by atoms with E-state index in [4.69, 9.17) is 4.98 Å². The maximum Gasteiger partial charge on any atom is 0.356 e. The van der Waals surface area contributed by atoms with Crippen molar-refractivity contribution in [3.63, 3.8) is 0 Å². The lowest BCUT2D eigenvalue weighted by atomic mass is 10.0. The second-order valence-electron chi connectivity index (χ2n) is 6.29. The third-order valence-corrected chi connectivity index (χ3v) is 4.67. The molecule has 1 N–H and O–H groups in total. The molecule has 118 valence electrons. The Morgan fingerprint density at radius 2 is 2.04 bits per heavy atom. The third-order valence-electron chi connectivity index (χ3n) is 4.67. The van der Waals surface area contributed by atoms with Gasteiger partial charge in [0.15, 0.2) is 5.69 Å². The molecule has 0 saturated heterocycles. The maximum absolute atomic E-state index is 11.5. The van der Waals surface area contributed by atoms with E-state index in [-0.39, 0.29) is 5.69 Å². The summed E-state index contributed by atoms with van der Waals surface area (Å²) in [4.78, 5) is 24.9. The van der Waals surface area contributed by atoms with Crippen LogP contribution in [0.25, 0.3) is 16.9 Å². The first kappa shape index (κ1) is 13.4. The Morgan fingerprint density at radius 1 is 1.21 bits per heavy atom. The summed E-state index contributed by atoms with van der Waals surface area (Å²) in [5, 5.41) is 9.44. The van der Waals surface area contributed by atoms with Crippen molar-refractivity contribution in [2.75, 3.05) is 0 Å². The van der Waals surface area contributed by atoms with Gasteiger partial charge in [-0.3, -0.25) is 0 Å².